The van der Waals surface area contributed by atoms with Gasteiger partial charge in [0.1, 0.15) is 58.0 Å². The van der Waals surface area contributed by atoms with Gasteiger partial charge in [-0.1, -0.05) is 13.8 Å². The Morgan fingerprint density at radius 2 is 0.750 bits per heavy atom. The molecule has 0 bridgehead atoms. The van der Waals surface area contributed by atoms with E-state index in [1.165, 1.54) is 34.8 Å². The molecule has 0 aliphatic heterocycles. The minimum Gasteiger partial charge on any atom is -0.778 e. The van der Waals surface area contributed by atoms with Crippen molar-refractivity contribution < 1.29 is 199 Å². The Morgan fingerprint density at radius 1 is 0.483 bits per heavy atom. The smallest absolute Gasteiger partial charge is 0.472 e. The maximum absolute atomic E-state index is 13.0. The summed E-state index contributed by atoms with van der Waals surface area (Å²) in [4.78, 5) is 35.6. The molecule has 0 amide bonds. The minimum atomic E-state index is -5.47. The molecule has 0 fully saturated rings. The average molecular weight is 1160 g/mol. The fourth-order valence-corrected chi connectivity index (χ4v) is 7.43. The van der Waals surface area contributed by atoms with Gasteiger partial charge >= 0.3 is 7.82 Å². The minimum absolute atomic E-state index is 0. The molecule has 0 aromatic heterocycles. The summed E-state index contributed by atoms with van der Waals surface area (Å²) < 4.78 is 84.5. The van der Waals surface area contributed by atoms with Crippen LogP contribution in [0.3, 0.4) is 0 Å². The summed E-state index contributed by atoms with van der Waals surface area (Å²) in [5.41, 5.74) is -21.1. The average Bonchev–Trinajstić information content (AvgIpc) is 3.09. The molecule has 60 heavy (non-hydrogen) atoms. The van der Waals surface area contributed by atoms with Crippen LogP contribution in [-0.4, -0.2) is 159 Å². The summed E-state index contributed by atoms with van der Waals surface area (Å²) >= 11 is 0. The first kappa shape index (κ1) is 69.8. The third-order valence-electron chi connectivity index (χ3n) is 11.5. The standard InChI is InChI=1S/C33H71O21P3.3Y/c1-23(2)49-20-28(8,46-14)31(11,37)26(6,35)18-51-56(42,43)54-22-30(10,48-16)33(13,39)27(7,36)19-52-57(44,45)53-21-29(9,47-15)32(12,38)25(5,34)17-50-55(40,41)24(3)4;;;/h23-24,34-39H,17-22H2,1-16H3,(H,40,41)(H,42,43)(H,44,45);;;/p-2/t25-,26-,27-,28+,29+,30+,31-,32-,33-;;;/m1.../s1. The monoisotopic (exact) mass is 1160 g/mol. The van der Waals surface area contributed by atoms with E-state index in [2.05, 4.69) is 0 Å². The number of aliphatic hydroxyl groups is 6. The molecule has 7 N–H and O–H groups in total. The van der Waals surface area contributed by atoms with Crippen LogP contribution in [0.1, 0.15) is 90.0 Å². The predicted octanol–water partition coefficient (Wildman–Crippen LogP) is 0.739. The van der Waals surface area contributed by atoms with Gasteiger partial charge in [0.25, 0.3) is 7.82 Å². The van der Waals surface area contributed by atoms with Gasteiger partial charge in [-0.3, -0.25) is 13.6 Å². The first-order chi connectivity index (χ1) is 25.1. The van der Waals surface area contributed by atoms with Gasteiger partial charge in [-0.05, 0) is 76.2 Å². The third-order valence-corrected chi connectivity index (χ3v) is 15.0. The van der Waals surface area contributed by atoms with E-state index >= 15 is 0 Å². The molecule has 3 unspecified atom stereocenters. The van der Waals surface area contributed by atoms with Crippen LogP contribution in [0.4, 0.5) is 0 Å². The second-order valence-electron chi connectivity index (χ2n) is 16.6. The van der Waals surface area contributed by atoms with Crippen molar-refractivity contribution in [2.75, 3.05) is 61.0 Å². The van der Waals surface area contributed by atoms with E-state index in [0.29, 0.717) is 0 Å². The Labute approximate surface area is 430 Å². The number of methoxy groups -OCH3 is 3. The number of rotatable bonds is 28. The molecule has 0 spiro atoms. The molecular weight excluding hydrogens is 1090 g/mol. The van der Waals surface area contributed by atoms with Crippen LogP contribution >= 0.6 is 23.2 Å². The van der Waals surface area contributed by atoms with Gasteiger partial charge in [0.15, 0.2) is 0 Å². The van der Waals surface area contributed by atoms with Gasteiger partial charge in [-0.25, -0.2) is 4.57 Å². The van der Waals surface area contributed by atoms with Crippen molar-refractivity contribution in [1.29, 1.82) is 0 Å². The van der Waals surface area contributed by atoms with Crippen molar-refractivity contribution in [3.8, 4) is 0 Å². The van der Waals surface area contributed by atoms with Crippen LogP contribution < -0.4 is 9.79 Å². The van der Waals surface area contributed by atoms with Crippen molar-refractivity contribution >= 4 is 23.2 Å². The number of phosphoric acid groups is 2. The molecule has 353 valence electrons. The number of hydrogen-bond acceptors (Lipinski definition) is 20. The van der Waals surface area contributed by atoms with E-state index in [-0.39, 0.29) is 111 Å². The maximum Gasteiger partial charge on any atom is 0.472 e. The molecule has 0 aromatic rings. The summed E-state index contributed by atoms with van der Waals surface area (Å²) in [6, 6.07) is 0. The molecule has 0 heterocycles. The molecular formula is C33H69O21P3Y3-2. The van der Waals surface area contributed by atoms with Crippen molar-refractivity contribution in [2.24, 2.45) is 0 Å². The van der Waals surface area contributed by atoms with E-state index in [1.807, 2.05) is 0 Å². The maximum atomic E-state index is 13.0. The summed E-state index contributed by atoms with van der Waals surface area (Å²) in [6.45, 7) is 10.9. The van der Waals surface area contributed by atoms with E-state index in [9.17, 15) is 59.0 Å². The van der Waals surface area contributed by atoms with E-state index in [1.54, 1.807) is 13.8 Å². The van der Waals surface area contributed by atoms with Gasteiger partial charge < -0.3 is 82.4 Å². The second kappa shape index (κ2) is 25.2. The van der Waals surface area contributed by atoms with Crippen molar-refractivity contribution in [2.45, 2.75) is 152 Å². The normalized spacial score (nSPS) is 24.4. The molecule has 3 radical (unpaired) electrons. The van der Waals surface area contributed by atoms with Crippen LogP contribution in [0.2, 0.25) is 0 Å². The molecule has 12 atom stereocenters. The summed E-state index contributed by atoms with van der Waals surface area (Å²) in [7, 11) is -11.7. The van der Waals surface area contributed by atoms with Gasteiger partial charge in [-0.2, -0.15) is 0 Å². The topological polar surface area (TPSA) is 322 Å². The fourth-order valence-electron chi connectivity index (χ4n) is 4.91. The molecule has 0 aliphatic rings. The molecule has 0 aromatic carbocycles. The largest absolute Gasteiger partial charge is 0.778 e. The zero-order valence-electron chi connectivity index (χ0n) is 37.8. The quantitative estimate of drug-likeness (QED) is 0.0531. The van der Waals surface area contributed by atoms with Gasteiger partial charge in [0.05, 0.1) is 45.7 Å². The SMILES string of the molecule is CO[C@@](C)(COC(C)C)[C@](C)(O)[C@](C)(O)COP(=O)(O)OC[C@](C)(OC)[C@](C)(O)[C@](C)(O)COP(=O)([O-])OC[C@](C)(OC)[C@](C)(O)[C@](C)(O)COP(=O)([O-])C(C)C.[Y].[Y].[Y]. The van der Waals surface area contributed by atoms with Gasteiger partial charge in [0, 0.05) is 125 Å². The zero-order valence-corrected chi connectivity index (χ0v) is 49.0. The predicted molar refractivity (Wildman–Crippen MR) is 201 cm³/mol. The number of ether oxygens (including phenoxy) is 4. The van der Waals surface area contributed by atoms with Crippen LogP contribution in [-0.2, 0) is 153 Å². The Hall–Kier alpha value is 3.28. The fraction of sp³-hybridized carbons (Fsp3) is 1.00. The number of phosphoric ester groups is 2. The summed E-state index contributed by atoms with van der Waals surface area (Å²) in [5, 5.41) is 67.8. The van der Waals surface area contributed by atoms with E-state index in [4.69, 9.17) is 41.6 Å². The molecule has 0 rings (SSSR count). The van der Waals surface area contributed by atoms with Crippen LogP contribution in [0, 0.1) is 0 Å². The van der Waals surface area contributed by atoms with Crippen LogP contribution in [0.15, 0.2) is 0 Å². The van der Waals surface area contributed by atoms with Gasteiger partial charge in [0.2, 0.25) is 0 Å². The van der Waals surface area contributed by atoms with E-state index in [0.717, 1.165) is 62.7 Å². The number of hydrogen-bond donors (Lipinski definition) is 7. The first-order valence-electron chi connectivity index (χ1n) is 17.9. The Morgan fingerprint density at radius 3 is 1.07 bits per heavy atom. The van der Waals surface area contributed by atoms with Crippen molar-refractivity contribution in [3.63, 3.8) is 0 Å². The Balaban J connectivity index is -0.00000523. The first-order valence-corrected chi connectivity index (χ1v) is 22.4. The van der Waals surface area contributed by atoms with Crippen molar-refractivity contribution in [3.05, 3.63) is 0 Å². The van der Waals surface area contributed by atoms with Crippen LogP contribution in [0.25, 0.3) is 0 Å². The summed E-state index contributed by atoms with van der Waals surface area (Å²) in [6.07, 6.45) is -0.265. The van der Waals surface area contributed by atoms with E-state index < -0.39 is 112 Å². The Bertz CT molecular complexity index is 1450. The molecule has 21 nitrogen and oxygen atoms in total. The van der Waals surface area contributed by atoms with Gasteiger partial charge in [-0.15, -0.1) is 0 Å². The summed E-state index contributed by atoms with van der Waals surface area (Å²) in [5.74, 6) is 0. The Kier molecular flexibility index (Phi) is 29.4. The molecule has 0 saturated carbocycles. The van der Waals surface area contributed by atoms with Crippen molar-refractivity contribution in [1.82, 2.24) is 0 Å². The molecule has 0 aliphatic carbocycles. The second-order valence-corrected chi connectivity index (χ2v) is 21.9. The molecule has 0 saturated heterocycles. The molecule has 27 heteroatoms. The zero-order chi connectivity index (χ0) is 45.8. The van der Waals surface area contributed by atoms with Crippen LogP contribution in [0.5, 0.6) is 0 Å². The third kappa shape index (κ3) is 17.4.